The van der Waals surface area contributed by atoms with Crippen LogP contribution in [0.15, 0.2) is 76.6 Å². The summed E-state index contributed by atoms with van der Waals surface area (Å²) < 4.78 is 12.3. The number of benzene rings is 3. The smallest absolute Gasteiger partial charge is 0.269 e. The quantitative estimate of drug-likeness (QED) is 0.383. The normalized spacial score (nSPS) is 14.8. The largest absolute Gasteiger partial charge is 0.508 e. The minimum Gasteiger partial charge on any atom is -0.508 e. The first kappa shape index (κ1) is 21.2. The maximum Gasteiger partial charge on any atom is 0.269 e. The summed E-state index contributed by atoms with van der Waals surface area (Å²) in [5, 5.41) is 30.7. The van der Waals surface area contributed by atoms with Crippen LogP contribution in [-0.2, 0) is 6.61 Å². The Balaban J connectivity index is 1.76. The number of non-ortho nitro benzene ring substituents is 1. The molecular weight excluding hydrogens is 478 g/mol. The minimum atomic E-state index is -0.595. The van der Waals surface area contributed by atoms with Gasteiger partial charge in [-0.05, 0) is 29.8 Å². The molecule has 32 heavy (non-hydrogen) atoms. The first-order valence-electron chi connectivity index (χ1n) is 9.43. The average Bonchev–Trinajstić information content (AvgIpc) is 2.77. The van der Waals surface area contributed by atoms with Crippen LogP contribution >= 0.6 is 15.9 Å². The summed E-state index contributed by atoms with van der Waals surface area (Å²) in [6.07, 6.45) is 0. The van der Waals surface area contributed by atoms with E-state index in [9.17, 15) is 20.5 Å². The highest BCUT2D eigenvalue weighted by atomic mass is 79.9. The maximum atomic E-state index is 11.0. The Kier molecular flexibility index (Phi) is 5.71. The van der Waals surface area contributed by atoms with Crippen molar-refractivity contribution < 1.29 is 19.5 Å². The molecule has 0 aliphatic carbocycles. The maximum absolute atomic E-state index is 11.0. The molecule has 1 aliphatic heterocycles. The minimum absolute atomic E-state index is 0.00657. The van der Waals surface area contributed by atoms with Gasteiger partial charge in [0.05, 0.1) is 10.8 Å². The summed E-state index contributed by atoms with van der Waals surface area (Å²) in [5.74, 6) is 0.177. The van der Waals surface area contributed by atoms with E-state index >= 15 is 0 Å². The van der Waals surface area contributed by atoms with Gasteiger partial charge in [-0.15, -0.1) is 0 Å². The fourth-order valence-electron chi connectivity index (χ4n) is 3.56. The van der Waals surface area contributed by atoms with E-state index in [-0.39, 0.29) is 29.5 Å². The van der Waals surface area contributed by atoms with Crippen molar-refractivity contribution in [1.82, 2.24) is 0 Å². The predicted molar refractivity (Wildman–Crippen MR) is 119 cm³/mol. The van der Waals surface area contributed by atoms with Crippen molar-refractivity contribution in [3.63, 3.8) is 0 Å². The molecular formula is C23H16BrN3O5. The number of hydrogen-bond donors (Lipinski definition) is 2. The lowest BCUT2D eigenvalue weighted by molar-refractivity contribution is -0.384. The van der Waals surface area contributed by atoms with E-state index in [4.69, 9.17) is 15.2 Å². The average molecular weight is 494 g/mol. The number of phenolic OH excluding ortho intramolecular Hbond substituents is 1. The molecule has 0 aromatic heterocycles. The molecule has 160 valence electrons. The van der Waals surface area contributed by atoms with Gasteiger partial charge in [-0.25, -0.2) is 0 Å². The fraction of sp³-hybridized carbons (Fsp3) is 0.0870. The second kappa shape index (κ2) is 8.61. The van der Waals surface area contributed by atoms with Gasteiger partial charge in [-0.2, -0.15) is 5.26 Å². The number of ether oxygens (including phenoxy) is 2. The van der Waals surface area contributed by atoms with Crippen LogP contribution in [0, 0.1) is 21.4 Å². The van der Waals surface area contributed by atoms with Crippen LogP contribution < -0.4 is 15.2 Å². The van der Waals surface area contributed by atoms with Crippen LogP contribution in [0.1, 0.15) is 22.6 Å². The van der Waals surface area contributed by atoms with Crippen molar-refractivity contribution in [3.05, 3.63) is 103 Å². The third-order valence-electron chi connectivity index (χ3n) is 5.00. The molecule has 1 atom stereocenters. The zero-order valence-corrected chi connectivity index (χ0v) is 18.1. The molecule has 0 bridgehead atoms. The Labute approximate surface area is 191 Å². The molecule has 8 nitrogen and oxygen atoms in total. The molecule has 0 saturated carbocycles. The van der Waals surface area contributed by atoms with Gasteiger partial charge in [0.2, 0.25) is 5.88 Å². The van der Waals surface area contributed by atoms with Gasteiger partial charge < -0.3 is 20.3 Å². The molecule has 3 N–H and O–H groups in total. The summed E-state index contributed by atoms with van der Waals surface area (Å²) >= 11 is 3.46. The zero-order valence-electron chi connectivity index (χ0n) is 16.5. The van der Waals surface area contributed by atoms with Crippen LogP contribution in [0.3, 0.4) is 0 Å². The number of nitro benzene ring substituents is 1. The lowest BCUT2D eigenvalue weighted by Crippen LogP contribution is -2.21. The number of aromatic hydroxyl groups is 1. The molecule has 0 unspecified atom stereocenters. The molecule has 3 aromatic rings. The number of nitriles is 1. The highest BCUT2D eigenvalue weighted by Crippen LogP contribution is 2.46. The molecule has 1 heterocycles. The number of nitro groups is 1. The number of nitrogens with two attached hydrogens (primary N) is 1. The Morgan fingerprint density at radius 2 is 2.00 bits per heavy atom. The fourth-order valence-corrected chi connectivity index (χ4v) is 3.94. The Morgan fingerprint density at radius 1 is 1.19 bits per heavy atom. The van der Waals surface area contributed by atoms with E-state index in [0.29, 0.717) is 28.2 Å². The third kappa shape index (κ3) is 4.08. The standard InChI is InChI=1S/C23H16BrN3O5/c24-14-4-7-20(31-12-13-2-1-3-15(8-13)27(29)30)18(9-14)22-17-6-5-16(28)10-21(17)32-23(26)19(22)11-25/h1-10,22,28H,12,26H2/t22-/m1/s1. The highest BCUT2D eigenvalue weighted by Gasteiger charge is 2.33. The van der Waals surface area contributed by atoms with E-state index in [1.165, 1.54) is 24.3 Å². The van der Waals surface area contributed by atoms with Gasteiger partial charge in [-0.3, -0.25) is 10.1 Å². The summed E-state index contributed by atoms with van der Waals surface area (Å²) in [6, 6.07) is 18.3. The van der Waals surface area contributed by atoms with Crippen molar-refractivity contribution >= 4 is 21.6 Å². The molecule has 0 radical (unpaired) electrons. The topological polar surface area (TPSA) is 132 Å². The number of fused-ring (bicyclic) bond motifs is 1. The lowest BCUT2D eigenvalue weighted by Gasteiger charge is -2.28. The van der Waals surface area contributed by atoms with Gasteiger partial charge >= 0.3 is 0 Å². The van der Waals surface area contributed by atoms with Gasteiger partial charge in [0.25, 0.3) is 5.69 Å². The van der Waals surface area contributed by atoms with Crippen LogP contribution in [0.25, 0.3) is 0 Å². The number of rotatable bonds is 5. The molecule has 0 fully saturated rings. The molecule has 0 amide bonds. The number of hydrogen-bond acceptors (Lipinski definition) is 7. The first-order chi connectivity index (χ1) is 15.4. The SMILES string of the molecule is N#CC1=C(N)Oc2cc(O)ccc2[C@@H]1c1cc(Br)ccc1OCc1cccc([N+](=O)[O-])c1. The molecule has 0 spiro atoms. The van der Waals surface area contributed by atoms with Gasteiger partial charge in [0, 0.05) is 33.8 Å². The Bertz CT molecular complexity index is 1300. The zero-order chi connectivity index (χ0) is 22.8. The van der Waals surface area contributed by atoms with Crippen molar-refractivity contribution in [2.75, 3.05) is 0 Å². The van der Waals surface area contributed by atoms with Crippen LogP contribution in [0.4, 0.5) is 5.69 Å². The number of halogens is 1. The van der Waals surface area contributed by atoms with Gasteiger partial charge in [0.15, 0.2) is 0 Å². The second-order valence-corrected chi connectivity index (χ2v) is 7.96. The summed E-state index contributed by atoms with van der Waals surface area (Å²) in [4.78, 5) is 10.6. The van der Waals surface area contributed by atoms with Crippen LogP contribution in [0.5, 0.6) is 17.2 Å². The molecule has 0 saturated heterocycles. The van der Waals surface area contributed by atoms with Gasteiger partial charge in [0.1, 0.15) is 35.5 Å². The van der Waals surface area contributed by atoms with E-state index in [1.807, 2.05) is 6.07 Å². The Hall–Kier alpha value is -4.03. The predicted octanol–water partition coefficient (Wildman–Crippen LogP) is 4.86. The number of nitrogens with zero attached hydrogens (tertiary/aromatic N) is 2. The van der Waals surface area contributed by atoms with Gasteiger partial charge in [-0.1, -0.05) is 34.1 Å². The summed E-state index contributed by atoms with van der Waals surface area (Å²) in [5.41, 5.74) is 8.13. The first-order valence-corrected chi connectivity index (χ1v) is 10.2. The summed E-state index contributed by atoms with van der Waals surface area (Å²) in [6.45, 7) is 0.0864. The van der Waals surface area contributed by atoms with Crippen molar-refractivity contribution in [2.45, 2.75) is 12.5 Å². The van der Waals surface area contributed by atoms with Crippen molar-refractivity contribution in [1.29, 1.82) is 5.26 Å². The summed E-state index contributed by atoms with van der Waals surface area (Å²) in [7, 11) is 0. The molecule has 9 heteroatoms. The molecule has 3 aromatic carbocycles. The molecule has 1 aliphatic rings. The third-order valence-corrected chi connectivity index (χ3v) is 5.49. The van der Waals surface area contributed by atoms with E-state index < -0.39 is 10.8 Å². The lowest BCUT2D eigenvalue weighted by atomic mass is 9.83. The highest BCUT2D eigenvalue weighted by molar-refractivity contribution is 9.10. The van der Waals surface area contributed by atoms with Crippen molar-refractivity contribution in [3.8, 4) is 23.3 Å². The van der Waals surface area contributed by atoms with Crippen LogP contribution in [-0.4, -0.2) is 10.0 Å². The molecule has 4 rings (SSSR count). The number of phenols is 1. The monoisotopic (exact) mass is 493 g/mol. The van der Waals surface area contributed by atoms with Crippen molar-refractivity contribution in [2.24, 2.45) is 5.73 Å². The second-order valence-electron chi connectivity index (χ2n) is 7.04. The Morgan fingerprint density at radius 3 is 2.75 bits per heavy atom. The van der Waals surface area contributed by atoms with Crippen LogP contribution in [0.2, 0.25) is 0 Å². The van der Waals surface area contributed by atoms with E-state index in [1.54, 1.807) is 30.3 Å². The number of allylic oxidation sites excluding steroid dienone is 1. The van der Waals surface area contributed by atoms with E-state index in [0.717, 1.165) is 4.47 Å². The van der Waals surface area contributed by atoms with E-state index in [2.05, 4.69) is 22.0 Å².